The summed E-state index contributed by atoms with van der Waals surface area (Å²) in [6.07, 6.45) is 7.40. The molecule has 0 saturated heterocycles. The van der Waals surface area contributed by atoms with Gasteiger partial charge in [0.15, 0.2) is 11.5 Å². The van der Waals surface area contributed by atoms with Gasteiger partial charge in [0, 0.05) is 18.0 Å². The SMILES string of the molecule is CSc1nn(-c2ccc(Cl)c(Cl)c2)c(-c2ccc3c(c2)OCCO3)c1-n1ccnc1. The quantitative estimate of drug-likeness (QED) is 0.376. The Labute approximate surface area is 187 Å². The summed E-state index contributed by atoms with van der Waals surface area (Å²) < 4.78 is 15.3. The topological polar surface area (TPSA) is 54.1 Å². The van der Waals surface area contributed by atoms with Gasteiger partial charge in [0.25, 0.3) is 0 Å². The lowest BCUT2D eigenvalue weighted by molar-refractivity contribution is 0.171. The molecule has 0 amide bonds. The van der Waals surface area contributed by atoms with Gasteiger partial charge in [0.05, 0.1) is 27.8 Å². The number of hydrogen-bond acceptors (Lipinski definition) is 5. The Morgan fingerprint density at radius 3 is 2.57 bits per heavy atom. The maximum atomic E-state index is 6.31. The molecule has 5 rings (SSSR count). The second-order valence-corrected chi connectivity index (χ2v) is 8.15. The minimum Gasteiger partial charge on any atom is -0.486 e. The Kier molecular flexibility index (Phi) is 5.10. The molecule has 0 spiro atoms. The minimum absolute atomic E-state index is 0.465. The molecule has 0 radical (unpaired) electrons. The summed E-state index contributed by atoms with van der Waals surface area (Å²) in [7, 11) is 0. The number of rotatable bonds is 4. The van der Waals surface area contributed by atoms with Gasteiger partial charge in [-0.15, -0.1) is 11.8 Å². The van der Waals surface area contributed by atoms with Crippen LogP contribution >= 0.6 is 35.0 Å². The van der Waals surface area contributed by atoms with Gasteiger partial charge in [0.2, 0.25) is 0 Å². The molecular formula is C21H16Cl2N4O2S. The van der Waals surface area contributed by atoms with E-state index in [-0.39, 0.29) is 0 Å². The van der Waals surface area contributed by atoms with Crippen LogP contribution in [-0.2, 0) is 0 Å². The molecule has 4 aromatic rings. The van der Waals surface area contributed by atoms with Crippen molar-refractivity contribution in [2.45, 2.75) is 5.03 Å². The lowest BCUT2D eigenvalue weighted by Gasteiger charge is -2.19. The zero-order valence-electron chi connectivity index (χ0n) is 15.9. The van der Waals surface area contributed by atoms with E-state index < -0.39 is 0 Å². The summed E-state index contributed by atoms with van der Waals surface area (Å²) in [5.41, 5.74) is 3.54. The Hall–Kier alpha value is -2.61. The number of halogens is 2. The van der Waals surface area contributed by atoms with Crippen LogP contribution < -0.4 is 9.47 Å². The average Bonchev–Trinajstić information content (AvgIpc) is 3.42. The van der Waals surface area contributed by atoms with Crippen molar-refractivity contribution in [3.05, 3.63) is 65.2 Å². The highest BCUT2D eigenvalue weighted by Crippen LogP contribution is 2.40. The van der Waals surface area contributed by atoms with E-state index in [1.54, 1.807) is 36.4 Å². The standard InChI is InChI=1S/C21H16Cl2N4O2S/c1-30-21-20(26-7-6-24-12-26)19(13-2-5-17-18(10-13)29-9-8-28-17)27(25-21)14-3-4-15(22)16(23)11-14/h2-7,10-12H,8-9H2,1H3. The van der Waals surface area contributed by atoms with Crippen molar-refractivity contribution in [1.82, 2.24) is 19.3 Å². The maximum Gasteiger partial charge on any atom is 0.162 e. The molecule has 9 heteroatoms. The van der Waals surface area contributed by atoms with Crippen LogP contribution in [0.2, 0.25) is 10.0 Å². The second kappa shape index (κ2) is 7.91. The number of benzene rings is 2. The van der Waals surface area contributed by atoms with Gasteiger partial charge in [-0.3, -0.25) is 0 Å². The Bertz CT molecular complexity index is 1220. The van der Waals surface area contributed by atoms with Crippen LogP contribution in [0, 0.1) is 0 Å². The molecule has 0 bridgehead atoms. The van der Waals surface area contributed by atoms with Crippen LogP contribution in [0.3, 0.4) is 0 Å². The summed E-state index contributed by atoms with van der Waals surface area (Å²) in [6.45, 7) is 1.07. The fraction of sp³-hybridized carbons (Fsp3) is 0.143. The number of imidazole rings is 1. The zero-order chi connectivity index (χ0) is 20.7. The molecule has 3 heterocycles. The number of ether oxygens (including phenoxy) is 2. The Balaban J connectivity index is 1.78. The zero-order valence-corrected chi connectivity index (χ0v) is 18.2. The van der Waals surface area contributed by atoms with Gasteiger partial charge in [-0.2, -0.15) is 5.10 Å². The van der Waals surface area contributed by atoms with E-state index in [0.717, 1.165) is 33.4 Å². The third-order valence-electron chi connectivity index (χ3n) is 4.75. The summed E-state index contributed by atoms with van der Waals surface area (Å²) in [5.74, 6) is 1.45. The third kappa shape index (κ3) is 3.33. The molecule has 1 aliphatic heterocycles. The predicted molar refractivity (Wildman–Crippen MR) is 119 cm³/mol. The molecule has 30 heavy (non-hydrogen) atoms. The highest BCUT2D eigenvalue weighted by atomic mass is 35.5. The van der Waals surface area contributed by atoms with E-state index in [2.05, 4.69) is 4.98 Å². The van der Waals surface area contributed by atoms with Crippen LogP contribution in [0.1, 0.15) is 0 Å². The highest BCUT2D eigenvalue weighted by molar-refractivity contribution is 7.98. The third-order valence-corrected chi connectivity index (χ3v) is 6.15. The summed E-state index contributed by atoms with van der Waals surface area (Å²) in [4.78, 5) is 4.22. The molecule has 2 aromatic heterocycles. The largest absolute Gasteiger partial charge is 0.486 e. The average molecular weight is 459 g/mol. The molecule has 2 aromatic carbocycles. The molecule has 152 valence electrons. The summed E-state index contributed by atoms with van der Waals surface area (Å²) >= 11 is 14.0. The lowest BCUT2D eigenvalue weighted by atomic mass is 10.1. The predicted octanol–water partition coefficient (Wildman–Crippen LogP) is 5.52. The van der Waals surface area contributed by atoms with Gasteiger partial charge >= 0.3 is 0 Å². The molecule has 0 aliphatic carbocycles. The molecule has 0 fully saturated rings. The van der Waals surface area contributed by atoms with Crippen LogP contribution in [0.15, 0.2) is 60.1 Å². The first kappa shape index (κ1) is 19.4. The fourth-order valence-electron chi connectivity index (χ4n) is 3.40. The minimum atomic E-state index is 0.465. The van der Waals surface area contributed by atoms with Gasteiger partial charge in [-0.05, 0) is 42.7 Å². The summed E-state index contributed by atoms with van der Waals surface area (Å²) in [5, 5.41) is 6.68. The summed E-state index contributed by atoms with van der Waals surface area (Å²) in [6, 6.07) is 11.4. The van der Waals surface area contributed by atoms with Crippen molar-refractivity contribution in [2.24, 2.45) is 0 Å². The van der Waals surface area contributed by atoms with Crippen LogP contribution in [-0.4, -0.2) is 38.8 Å². The molecule has 6 nitrogen and oxygen atoms in total. The molecule has 0 N–H and O–H groups in total. The van der Waals surface area contributed by atoms with Gasteiger partial charge < -0.3 is 14.0 Å². The van der Waals surface area contributed by atoms with Crippen molar-refractivity contribution < 1.29 is 9.47 Å². The second-order valence-electron chi connectivity index (χ2n) is 6.55. The first-order chi connectivity index (χ1) is 14.7. The number of nitrogens with zero attached hydrogens (tertiary/aromatic N) is 4. The maximum absolute atomic E-state index is 6.31. The van der Waals surface area contributed by atoms with E-state index >= 15 is 0 Å². The van der Waals surface area contributed by atoms with Crippen molar-refractivity contribution in [3.8, 4) is 34.1 Å². The van der Waals surface area contributed by atoms with E-state index in [0.29, 0.717) is 29.0 Å². The molecule has 1 aliphatic rings. The number of aromatic nitrogens is 4. The Morgan fingerprint density at radius 1 is 1.00 bits per heavy atom. The van der Waals surface area contributed by atoms with E-state index in [1.807, 2.05) is 46.0 Å². The van der Waals surface area contributed by atoms with Crippen LogP contribution in [0.5, 0.6) is 11.5 Å². The smallest absolute Gasteiger partial charge is 0.162 e. The van der Waals surface area contributed by atoms with E-state index in [9.17, 15) is 0 Å². The molecule has 0 saturated carbocycles. The van der Waals surface area contributed by atoms with Crippen LogP contribution in [0.25, 0.3) is 22.6 Å². The molecule has 0 unspecified atom stereocenters. The van der Waals surface area contributed by atoms with Gasteiger partial charge in [-0.1, -0.05) is 23.2 Å². The molecular weight excluding hydrogens is 443 g/mol. The van der Waals surface area contributed by atoms with Crippen molar-refractivity contribution >= 4 is 35.0 Å². The van der Waals surface area contributed by atoms with Crippen LogP contribution in [0.4, 0.5) is 0 Å². The first-order valence-corrected chi connectivity index (χ1v) is 11.1. The normalized spacial score (nSPS) is 12.9. The lowest BCUT2D eigenvalue weighted by Crippen LogP contribution is -2.15. The van der Waals surface area contributed by atoms with E-state index in [1.165, 1.54) is 0 Å². The van der Waals surface area contributed by atoms with E-state index in [4.69, 9.17) is 37.8 Å². The van der Waals surface area contributed by atoms with Crippen molar-refractivity contribution in [3.63, 3.8) is 0 Å². The number of hydrogen-bond donors (Lipinski definition) is 0. The molecule has 0 atom stereocenters. The van der Waals surface area contributed by atoms with Gasteiger partial charge in [-0.25, -0.2) is 9.67 Å². The van der Waals surface area contributed by atoms with Crippen molar-refractivity contribution in [2.75, 3.05) is 19.5 Å². The Morgan fingerprint density at radius 2 is 1.83 bits per heavy atom. The first-order valence-electron chi connectivity index (χ1n) is 9.16. The monoisotopic (exact) mass is 458 g/mol. The fourth-order valence-corrected chi connectivity index (χ4v) is 4.26. The van der Waals surface area contributed by atoms with Gasteiger partial charge in [0.1, 0.15) is 23.9 Å². The number of fused-ring (bicyclic) bond motifs is 1. The van der Waals surface area contributed by atoms with Crippen molar-refractivity contribution in [1.29, 1.82) is 0 Å². The number of thioether (sulfide) groups is 1. The highest BCUT2D eigenvalue weighted by Gasteiger charge is 2.24.